The van der Waals surface area contributed by atoms with Gasteiger partial charge in [0.2, 0.25) is 0 Å². The van der Waals surface area contributed by atoms with Gasteiger partial charge < -0.3 is 14.6 Å². The number of esters is 1. The summed E-state index contributed by atoms with van der Waals surface area (Å²) in [4.78, 5) is 30.0. The number of aromatic nitrogens is 2. The highest BCUT2D eigenvalue weighted by atomic mass is 16.6. The number of imidazole rings is 1. The van der Waals surface area contributed by atoms with Gasteiger partial charge in [-0.25, -0.2) is 9.78 Å². The van der Waals surface area contributed by atoms with Crippen molar-refractivity contribution in [3.63, 3.8) is 0 Å². The number of ether oxygens (including phenoxy) is 1. The Hall–Kier alpha value is -3.15. The lowest BCUT2D eigenvalue weighted by molar-refractivity contribution is -0.140. The van der Waals surface area contributed by atoms with Crippen LogP contribution in [0.25, 0.3) is 11.0 Å². The number of benzene rings is 2. The molecule has 1 fully saturated rings. The van der Waals surface area contributed by atoms with Crippen LogP contribution in [-0.4, -0.2) is 27.0 Å². The Morgan fingerprint density at radius 3 is 2.79 bits per heavy atom. The van der Waals surface area contributed by atoms with Crippen LogP contribution in [0, 0.1) is 0 Å². The summed E-state index contributed by atoms with van der Waals surface area (Å²) in [7, 11) is 0. The van der Waals surface area contributed by atoms with E-state index in [1.54, 1.807) is 19.1 Å². The van der Waals surface area contributed by atoms with Gasteiger partial charge in [-0.3, -0.25) is 4.79 Å². The van der Waals surface area contributed by atoms with Crippen LogP contribution < -0.4 is 5.32 Å². The van der Waals surface area contributed by atoms with E-state index in [4.69, 9.17) is 9.72 Å². The molecule has 142 valence electrons. The van der Waals surface area contributed by atoms with Gasteiger partial charge in [-0.1, -0.05) is 30.3 Å². The molecule has 1 aliphatic heterocycles. The predicted molar refractivity (Wildman–Crippen MR) is 104 cm³/mol. The first-order valence-corrected chi connectivity index (χ1v) is 9.60. The zero-order chi connectivity index (χ0) is 19.3. The summed E-state index contributed by atoms with van der Waals surface area (Å²) in [6, 6.07) is 15.7. The second-order valence-electron chi connectivity index (χ2n) is 7.75. The Balaban J connectivity index is 1.38. The van der Waals surface area contributed by atoms with E-state index in [-0.39, 0.29) is 5.91 Å². The minimum atomic E-state index is -1.22. The van der Waals surface area contributed by atoms with Gasteiger partial charge in [-0.05, 0) is 43.5 Å². The van der Waals surface area contributed by atoms with Crippen molar-refractivity contribution in [2.24, 2.45) is 0 Å². The molecule has 5 rings (SSSR count). The first-order chi connectivity index (χ1) is 13.5. The third-order valence-electron chi connectivity index (χ3n) is 5.55. The van der Waals surface area contributed by atoms with Crippen molar-refractivity contribution in [1.29, 1.82) is 0 Å². The summed E-state index contributed by atoms with van der Waals surface area (Å²) in [6.45, 7) is 1.97. The molecular weight excluding hydrogens is 354 g/mol. The standard InChI is InChI=1S/C22H21N3O3/c1-22(12-14-6-2-3-7-16(14)20(26)28-22)21(27)23-13-19-24-17-8-4-5-9-18(17)25(19)15-10-11-15/h2-9,15H,10-13H2,1H3,(H,23,27). The second kappa shape index (κ2) is 6.19. The minimum Gasteiger partial charge on any atom is -0.445 e. The number of amides is 1. The molecule has 1 saturated carbocycles. The highest BCUT2D eigenvalue weighted by Gasteiger charge is 2.42. The number of para-hydroxylation sites is 2. The molecule has 1 amide bonds. The van der Waals surface area contributed by atoms with E-state index in [2.05, 4.69) is 16.0 Å². The number of hydrogen-bond acceptors (Lipinski definition) is 4. The average Bonchev–Trinajstić information content (AvgIpc) is 3.46. The molecule has 1 N–H and O–H groups in total. The van der Waals surface area contributed by atoms with E-state index in [1.807, 2.05) is 30.3 Å². The van der Waals surface area contributed by atoms with Crippen LogP contribution in [0.4, 0.5) is 0 Å². The maximum atomic E-state index is 12.9. The highest BCUT2D eigenvalue weighted by Crippen LogP contribution is 2.38. The number of carbonyl (C=O) groups excluding carboxylic acids is 2. The van der Waals surface area contributed by atoms with E-state index in [0.717, 1.165) is 35.3 Å². The molecule has 6 heteroatoms. The Bertz CT molecular complexity index is 1100. The van der Waals surface area contributed by atoms with Crippen LogP contribution in [0.2, 0.25) is 0 Å². The summed E-state index contributed by atoms with van der Waals surface area (Å²) in [5.74, 6) is 0.0812. The third-order valence-corrected chi connectivity index (χ3v) is 5.55. The molecule has 1 unspecified atom stereocenters. The number of hydrogen-bond donors (Lipinski definition) is 1. The van der Waals surface area contributed by atoms with E-state index in [1.165, 1.54) is 0 Å². The monoisotopic (exact) mass is 375 g/mol. The summed E-state index contributed by atoms with van der Waals surface area (Å²) < 4.78 is 7.74. The molecule has 2 heterocycles. The Kier molecular flexibility index (Phi) is 3.75. The molecule has 6 nitrogen and oxygen atoms in total. The van der Waals surface area contributed by atoms with Crippen LogP contribution in [0.5, 0.6) is 0 Å². The van der Waals surface area contributed by atoms with Gasteiger partial charge in [0, 0.05) is 12.5 Å². The molecule has 28 heavy (non-hydrogen) atoms. The number of carbonyl (C=O) groups is 2. The zero-order valence-electron chi connectivity index (χ0n) is 15.6. The van der Waals surface area contributed by atoms with E-state index < -0.39 is 11.6 Å². The Morgan fingerprint density at radius 1 is 1.21 bits per heavy atom. The van der Waals surface area contributed by atoms with Gasteiger partial charge in [-0.15, -0.1) is 0 Å². The molecular formula is C22H21N3O3. The van der Waals surface area contributed by atoms with Gasteiger partial charge >= 0.3 is 5.97 Å². The minimum absolute atomic E-state index is 0.301. The Morgan fingerprint density at radius 2 is 1.96 bits per heavy atom. The molecule has 2 aliphatic rings. The SMILES string of the molecule is CC1(C(=O)NCc2nc3ccccc3n2C2CC2)Cc2ccccc2C(=O)O1. The lowest BCUT2D eigenvalue weighted by atomic mass is 9.89. The van der Waals surface area contributed by atoms with Crippen molar-refractivity contribution in [3.05, 3.63) is 65.5 Å². The molecule has 3 aromatic rings. The summed E-state index contributed by atoms with van der Waals surface area (Å²) in [6.07, 6.45) is 2.63. The van der Waals surface area contributed by atoms with Crippen molar-refractivity contribution in [1.82, 2.24) is 14.9 Å². The molecule has 0 bridgehead atoms. The number of rotatable bonds is 4. The summed E-state index contributed by atoms with van der Waals surface area (Å²) >= 11 is 0. The normalized spacial score (nSPS) is 21.2. The maximum absolute atomic E-state index is 12.9. The van der Waals surface area contributed by atoms with Gasteiger partial charge in [0.25, 0.3) is 5.91 Å². The fourth-order valence-corrected chi connectivity index (χ4v) is 3.96. The predicted octanol–water partition coefficient (Wildman–Crippen LogP) is 3.16. The fourth-order valence-electron chi connectivity index (χ4n) is 3.96. The topological polar surface area (TPSA) is 73.2 Å². The molecule has 1 aliphatic carbocycles. The second-order valence-corrected chi connectivity index (χ2v) is 7.75. The number of nitrogens with one attached hydrogen (secondary N) is 1. The van der Waals surface area contributed by atoms with Crippen molar-refractivity contribution in [3.8, 4) is 0 Å². The molecule has 2 aromatic carbocycles. The van der Waals surface area contributed by atoms with Crippen molar-refractivity contribution >= 4 is 22.9 Å². The quantitative estimate of drug-likeness (QED) is 0.711. The van der Waals surface area contributed by atoms with Crippen molar-refractivity contribution < 1.29 is 14.3 Å². The molecule has 0 saturated heterocycles. The van der Waals surface area contributed by atoms with Crippen LogP contribution in [-0.2, 0) is 22.5 Å². The van der Waals surface area contributed by atoms with Crippen LogP contribution in [0.1, 0.15) is 47.6 Å². The van der Waals surface area contributed by atoms with Crippen LogP contribution >= 0.6 is 0 Å². The van der Waals surface area contributed by atoms with Gasteiger partial charge in [0.15, 0.2) is 5.60 Å². The fraction of sp³-hybridized carbons (Fsp3) is 0.318. The Labute approximate surface area is 162 Å². The first-order valence-electron chi connectivity index (χ1n) is 9.60. The average molecular weight is 375 g/mol. The molecule has 0 spiro atoms. The van der Waals surface area contributed by atoms with Gasteiger partial charge in [0.05, 0.1) is 23.1 Å². The van der Waals surface area contributed by atoms with Gasteiger partial charge in [0.1, 0.15) is 5.82 Å². The smallest absolute Gasteiger partial charge is 0.339 e. The number of nitrogens with zero attached hydrogens (tertiary/aromatic N) is 2. The van der Waals surface area contributed by atoms with Crippen LogP contribution in [0.15, 0.2) is 48.5 Å². The number of fused-ring (bicyclic) bond motifs is 2. The van der Waals surface area contributed by atoms with E-state index in [0.29, 0.717) is 24.6 Å². The van der Waals surface area contributed by atoms with E-state index in [9.17, 15) is 9.59 Å². The van der Waals surface area contributed by atoms with E-state index >= 15 is 0 Å². The largest absolute Gasteiger partial charge is 0.445 e. The zero-order valence-corrected chi connectivity index (χ0v) is 15.6. The number of cyclic esters (lactones) is 1. The van der Waals surface area contributed by atoms with Crippen molar-refractivity contribution in [2.45, 2.75) is 44.4 Å². The molecule has 1 aromatic heterocycles. The summed E-state index contributed by atoms with van der Waals surface area (Å²) in [5, 5.41) is 2.95. The van der Waals surface area contributed by atoms with Crippen molar-refractivity contribution in [2.75, 3.05) is 0 Å². The third kappa shape index (κ3) is 2.76. The van der Waals surface area contributed by atoms with Gasteiger partial charge in [-0.2, -0.15) is 0 Å². The first kappa shape index (κ1) is 17.0. The lowest BCUT2D eigenvalue weighted by Crippen LogP contribution is -2.51. The summed E-state index contributed by atoms with van der Waals surface area (Å²) in [5.41, 5.74) is 2.17. The lowest BCUT2D eigenvalue weighted by Gasteiger charge is -2.33. The maximum Gasteiger partial charge on any atom is 0.339 e. The highest BCUT2D eigenvalue weighted by molar-refractivity contribution is 5.97. The molecule has 0 radical (unpaired) electrons. The van der Waals surface area contributed by atoms with Crippen LogP contribution in [0.3, 0.4) is 0 Å². The molecule has 1 atom stereocenters.